The summed E-state index contributed by atoms with van der Waals surface area (Å²) in [6.07, 6.45) is 3.78. The van der Waals surface area contributed by atoms with Gasteiger partial charge in [0.15, 0.2) is 5.69 Å². The van der Waals surface area contributed by atoms with Crippen molar-refractivity contribution in [3.05, 3.63) is 18.1 Å². The smallest absolute Gasteiger partial charge is 0.356 e. The third-order valence-corrected chi connectivity index (χ3v) is 2.55. The van der Waals surface area contributed by atoms with Crippen molar-refractivity contribution in [2.24, 2.45) is 5.92 Å². The maximum Gasteiger partial charge on any atom is 0.356 e. The molecule has 1 heterocycles. The second kappa shape index (κ2) is 7.04. The largest absolute Gasteiger partial charge is 0.476 e. The Morgan fingerprint density at radius 1 is 1.42 bits per heavy atom. The zero-order valence-corrected chi connectivity index (χ0v) is 11.9. The molecule has 1 aromatic rings. The lowest BCUT2D eigenvalue weighted by atomic mass is 10.0. The van der Waals surface area contributed by atoms with Crippen LogP contribution in [-0.2, 0) is 0 Å². The van der Waals surface area contributed by atoms with Crippen molar-refractivity contribution in [3.63, 3.8) is 0 Å². The molecule has 0 aliphatic rings. The summed E-state index contributed by atoms with van der Waals surface area (Å²) < 4.78 is 0. The summed E-state index contributed by atoms with van der Waals surface area (Å²) in [6, 6.07) is 0.216. The van der Waals surface area contributed by atoms with E-state index in [0.29, 0.717) is 11.7 Å². The van der Waals surface area contributed by atoms with E-state index in [9.17, 15) is 4.79 Å². The summed E-state index contributed by atoms with van der Waals surface area (Å²) in [5, 5.41) is 12.2. The molecule has 0 aliphatic carbocycles. The van der Waals surface area contributed by atoms with Crippen LogP contribution in [0.25, 0.3) is 0 Å². The van der Waals surface area contributed by atoms with E-state index in [2.05, 4.69) is 34.0 Å². The van der Waals surface area contributed by atoms with Crippen LogP contribution in [0.4, 0.5) is 5.82 Å². The van der Waals surface area contributed by atoms with Crippen molar-refractivity contribution in [3.8, 4) is 0 Å². The maximum atomic E-state index is 10.9. The summed E-state index contributed by atoms with van der Waals surface area (Å²) in [6.45, 7) is 5.17. The van der Waals surface area contributed by atoms with Crippen LogP contribution in [0.5, 0.6) is 0 Å². The molecular weight excluding hydrogens is 244 g/mol. The average molecular weight is 266 g/mol. The molecule has 1 atom stereocenters. The number of hydrogen-bond acceptors (Lipinski definition) is 5. The molecule has 106 valence electrons. The molecule has 0 bridgehead atoms. The van der Waals surface area contributed by atoms with Gasteiger partial charge in [-0.15, -0.1) is 0 Å². The minimum Gasteiger partial charge on any atom is -0.476 e. The van der Waals surface area contributed by atoms with E-state index in [1.54, 1.807) is 6.20 Å². The number of hydrogen-bond donors (Lipinski definition) is 2. The van der Waals surface area contributed by atoms with Gasteiger partial charge in [0.2, 0.25) is 0 Å². The van der Waals surface area contributed by atoms with Crippen molar-refractivity contribution in [2.75, 3.05) is 26.0 Å². The van der Waals surface area contributed by atoms with E-state index in [1.807, 2.05) is 14.1 Å². The number of carboxylic acids is 1. The van der Waals surface area contributed by atoms with E-state index in [4.69, 9.17) is 5.11 Å². The molecule has 0 spiro atoms. The molecule has 0 amide bonds. The fraction of sp³-hybridized carbons (Fsp3) is 0.615. The Labute approximate surface area is 113 Å². The lowest BCUT2D eigenvalue weighted by Crippen LogP contribution is -2.34. The quantitative estimate of drug-likeness (QED) is 0.780. The minimum absolute atomic E-state index is 0.0434. The Kier molecular flexibility index (Phi) is 5.69. The van der Waals surface area contributed by atoms with Gasteiger partial charge in [0.05, 0.1) is 12.4 Å². The second-order valence-corrected chi connectivity index (χ2v) is 5.33. The molecule has 1 rings (SSSR count). The number of likely N-dealkylation sites (N-methyl/N-ethyl adjacent to an activating group) is 1. The number of rotatable bonds is 7. The monoisotopic (exact) mass is 266 g/mol. The molecule has 0 saturated carbocycles. The fourth-order valence-electron chi connectivity index (χ4n) is 1.94. The topological polar surface area (TPSA) is 78.4 Å². The zero-order valence-electron chi connectivity index (χ0n) is 11.9. The number of anilines is 1. The van der Waals surface area contributed by atoms with Crippen molar-refractivity contribution < 1.29 is 9.90 Å². The zero-order chi connectivity index (χ0) is 14.4. The van der Waals surface area contributed by atoms with Crippen molar-refractivity contribution in [1.82, 2.24) is 14.9 Å². The van der Waals surface area contributed by atoms with Gasteiger partial charge in [-0.25, -0.2) is 9.78 Å². The summed E-state index contributed by atoms with van der Waals surface area (Å²) >= 11 is 0. The lowest BCUT2D eigenvalue weighted by Gasteiger charge is -2.24. The van der Waals surface area contributed by atoms with Crippen LogP contribution >= 0.6 is 0 Å². The third kappa shape index (κ3) is 5.65. The molecule has 6 nitrogen and oxygen atoms in total. The summed E-state index contributed by atoms with van der Waals surface area (Å²) in [7, 11) is 4.02. The molecule has 0 aliphatic heterocycles. The SMILES string of the molecule is CC(C)CC(CN(C)C)Nc1cncc(C(=O)O)n1. The van der Waals surface area contributed by atoms with Gasteiger partial charge in [0.1, 0.15) is 5.82 Å². The summed E-state index contributed by atoms with van der Waals surface area (Å²) in [5.41, 5.74) is -0.0434. The molecule has 6 heteroatoms. The number of nitrogens with zero attached hydrogens (tertiary/aromatic N) is 3. The van der Waals surface area contributed by atoms with Gasteiger partial charge in [-0.1, -0.05) is 13.8 Å². The highest BCUT2D eigenvalue weighted by atomic mass is 16.4. The molecular formula is C13H22N4O2. The first kappa shape index (κ1) is 15.4. The van der Waals surface area contributed by atoms with Crippen LogP contribution in [0.1, 0.15) is 30.8 Å². The molecule has 0 aromatic carbocycles. The van der Waals surface area contributed by atoms with Crippen molar-refractivity contribution in [2.45, 2.75) is 26.3 Å². The normalized spacial score (nSPS) is 12.7. The Bertz CT molecular complexity index is 411. The summed E-state index contributed by atoms with van der Waals surface area (Å²) in [5.74, 6) is -0.00960. The lowest BCUT2D eigenvalue weighted by molar-refractivity contribution is 0.0690. The van der Waals surface area contributed by atoms with E-state index in [1.165, 1.54) is 6.20 Å². The van der Waals surface area contributed by atoms with Gasteiger partial charge >= 0.3 is 5.97 Å². The van der Waals surface area contributed by atoms with Crippen molar-refractivity contribution >= 4 is 11.8 Å². The van der Waals surface area contributed by atoms with E-state index >= 15 is 0 Å². The van der Waals surface area contributed by atoms with Crippen LogP contribution in [-0.4, -0.2) is 52.6 Å². The maximum absolute atomic E-state index is 10.9. The first-order valence-corrected chi connectivity index (χ1v) is 6.35. The van der Waals surface area contributed by atoms with E-state index in [0.717, 1.165) is 13.0 Å². The van der Waals surface area contributed by atoms with Crippen LogP contribution in [0.2, 0.25) is 0 Å². The standard InChI is InChI=1S/C13H22N4O2/c1-9(2)5-10(8-17(3)4)15-12-7-14-6-11(16-12)13(18)19/h6-7,9-10H,5,8H2,1-4H3,(H,15,16)(H,18,19). The van der Waals surface area contributed by atoms with Crippen LogP contribution in [0.3, 0.4) is 0 Å². The van der Waals surface area contributed by atoms with Crippen LogP contribution in [0, 0.1) is 5.92 Å². The van der Waals surface area contributed by atoms with Gasteiger partial charge < -0.3 is 15.3 Å². The Balaban J connectivity index is 2.77. The van der Waals surface area contributed by atoms with Gasteiger partial charge in [0.25, 0.3) is 0 Å². The Hall–Kier alpha value is -1.69. The highest BCUT2D eigenvalue weighted by Crippen LogP contribution is 2.11. The molecule has 0 radical (unpaired) electrons. The highest BCUT2D eigenvalue weighted by Gasteiger charge is 2.14. The molecule has 2 N–H and O–H groups in total. The third-order valence-electron chi connectivity index (χ3n) is 2.55. The molecule has 0 fully saturated rings. The molecule has 1 aromatic heterocycles. The number of carboxylic acid groups (broad SMARTS) is 1. The predicted octanol–water partition coefficient (Wildman–Crippen LogP) is 1.56. The minimum atomic E-state index is -1.07. The second-order valence-electron chi connectivity index (χ2n) is 5.33. The average Bonchev–Trinajstić information content (AvgIpc) is 2.27. The number of carbonyl (C=O) groups is 1. The Morgan fingerprint density at radius 3 is 2.63 bits per heavy atom. The summed E-state index contributed by atoms with van der Waals surface area (Å²) in [4.78, 5) is 20.9. The Morgan fingerprint density at radius 2 is 2.11 bits per heavy atom. The fourth-order valence-corrected chi connectivity index (χ4v) is 1.94. The van der Waals surface area contributed by atoms with Crippen molar-refractivity contribution in [1.29, 1.82) is 0 Å². The van der Waals surface area contributed by atoms with E-state index < -0.39 is 5.97 Å². The number of aromatic carboxylic acids is 1. The molecule has 1 unspecified atom stereocenters. The van der Waals surface area contributed by atoms with Gasteiger partial charge in [0, 0.05) is 12.6 Å². The first-order valence-electron chi connectivity index (χ1n) is 6.35. The highest BCUT2D eigenvalue weighted by molar-refractivity contribution is 5.85. The predicted molar refractivity (Wildman–Crippen MR) is 74.4 cm³/mol. The van der Waals surface area contributed by atoms with E-state index in [-0.39, 0.29) is 11.7 Å². The van der Waals surface area contributed by atoms with Gasteiger partial charge in [-0.3, -0.25) is 4.98 Å². The number of aromatic nitrogens is 2. The van der Waals surface area contributed by atoms with Gasteiger partial charge in [-0.05, 0) is 26.4 Å². The first-order chi connectivity index (χ1) is 8.88. The number of nitrogens with one attached hydrogen (secondary N) is 1. The van der Waals surface area contributed by atoms with Crippen LogP contribution in [0.15, 0.2) is 12.4 Å². The van der Waals surface area contributed by atoms with Crippen LogP contribution < -0.4 is 5.32 Å². The van der Waals surface area contributed by atoms with Gasteiger partial charge in [-0.2, -0.15) is 0 Å². The molecule has 0 saturated heterocycles. The molecule has 19 heavy (non-hydrogen) atoms.